The quantitative estimate of drug-likeness (QED) is 0.806. The fraction of sp³-hybridized carbons (Fsp3) is 0.500. The molecule has 1 aromatic carbocycles. The summed E-state index contributed by atoms with van der Waals surface area (Å²) in [5.41, 5.74) is 2.31. The second-order valence-corrected chi connectivity index (χ2v) is 7.05. The van der Waals surface area contributed by atoms with Crippen LogP contribution < -0.4 is 10.1 Å². The van der Waals surface area contributed by atoms with Gasteiger partial charge in [-0.25, -0.2) is 4.98 Å². The van der Waals surface area contributed by atoms with Crippen LogP contribution in [0.3, 0.4) is 0 Å². The van der Waals surface area contributed by atoms with Gasteiger partial charge in [0.2, 0.25) is 0 Å². The number of aliphatic hydroxyl groups excluding tert-OH is 1. The number of aromatic nitrogens is 1. The number of aliphatic hydroxyl groups is 1. The Morgan fingerprint density at radius 1 is 1.33 bits per heavy atom. The number of thiazole rings is 1. The average molecular weight is 348 g/mol. The molecule has 2 aromatic rings. The Kier molecular flexibility index (Phi) is 5.84. The fourth-order valence-corrected chi connectivity index (χ4v) is 4.23. The number of ether oxygens (including phenoxy) is 2. The molecule has 2 N–H and O–H groups in total. The highest BCUT2D eigenvalue weighted by atomic mass is 32.1. The average Bonchev–Trinajstić information content (AvgIpc) is 3.05. The molecule has 0 spiro atoms. The molecular formula is C18H24N2O3S. The van der Waals surface area contributed by atoms with Gasteiger partial charge in [-0.2, -0.15) is 0 Å². The van der Waals surface area contributed by atoms with Crippen LogP contribution in [0.15, 0.2) is 24.3 Å². The summed E-state index contributed by atoms with van der Waals surface area (Å²) in [5.74, 6) is 0.853. The summed E-state index contributed by atoms with van der Waals surface area (Å²) in [6.07, 6.45) is 2.75. The smallest absolute Gasteiger partial charge is 0.123 e. The zero-order valence-corrected chi connectivity index (χ0v) is 14.9. The van der Waals surface area contributed by atoms with E-state index in [2.05, 4.69) is 5.32 Å². The van der Waals surface area contributed by atoms with Crippen molar-refractivity contribution in [1.29, 1.82) is 0 Å². The highest BCUT2D eigenvalue weighted by Crippen LogP contribution is 2.38. The van der Waals surface area contributed by atoms with Crippen molar-refractivity contribution >= 4 is 11.3 Å². The SMILES string of the molecule is COCC(O)CNC1CCCc2nc(-c3ccc(OC)cc3)sc21. The molecule has 1 aliphatic carbocycles. The number of aryl methyl sites for hydroxylation is 1. The lowest BCUT2D eigenvalue weighted by Crippen LogP contribution is -2.33. The van der Waals surface area contributed by atoms with Crippen molar-refractivity contribution in [3.8, 4) is 16.3 Å². The first-order chi connectivity index (χ1) is 11.7. The number of hydrogen-bond acceptors (Lipinski definition) is 6. The van der Waals surface area contributed by atoms with Gasteiger partial charge in [0.05, 0.1) is 25.5 Å². The molecule has 130 valence electrons. The lowest BCUT2D eigenvalue weighted by Gasteiger charge is -2.23. The maximum Gasteiger partial charge on any atom is 0.123 e. The maximum absolute atomic E-state index is 9.85. The second-order valence-electron chi connectivity index (χ2n) is 6.02. The summed E-state index contributed by atoms with van der Waals surface area (Å²) in [6, 6.07) is 8.30. The minimum atomic E-state index is -0.477. The van der Waals surface area contributed by atoms with Crippen LogP contribution in [0.4, 0.5) is 0 Å². The van der Waals surface area contributed by atoms with Crippen molar-refractivity contribution in [1.82, 2.24) is 10.3 Å². The van der Waals surface area contributed by atoms with Crippen LogP contribution in [0.2, 0.25) is 0 Å². The predicted molar refractivity (Wildman–Crippen MR) is 95.7 cm³/mol. The maximum atomic E-state index is 9.85. The second kappa shape index (κ2) is 8.07. The van der Waals surface area contributed by atoms with Crippen molar-refractivity contribution in [2.24, 2.45) is 0 Å². The Morgan fingerprint density at radius 3 is 2.83 bits per heavy atom. The van der Waals surface area contributed by atoms with Gasteiger partial charge >= 0.3 is 0 Å². The highest BCUT2D eigenvalue weighted by Gasteiger charge is 2.25. The van der Waals surface area contributed by atoms with Crippen molar-refractivity contribution in [2.45, 2.75) is 31.4 Å². The Bertz CT molecular complexity index is 657. The summed E-state index contributed by atoms with van der Waals surface area (Å²) in [7, 11) is 3.28. The van der Waals surface area contributed by atoms with Crippen LogP contribution in [0.5, 0.6) is 5.75 Å². The third-order valence-corrected chi connectivity index (χ3v) is 5.51. The lowest BCUT2D eigenvalue weighted by molar-refractivity contribution is 0.0623. The summed E-state index contributed by atoms with van der Waals surface area (Å²) < 4.78 is 10.2. The molecule has 0 saturated carbocycles. The molecule has 0 radical (unpaired) electrons. The van der Waals surface area contributed by atoms with Crippen molar-refractivity contribution < 1.29 is 14.6 Å². The van der Waals surface area contributed by atoms with Gasteiger partial charge in [-0.15, -0.1) is 11.3 Å². The van der Waals surface area contributed by atoms with E-state index in [1.54, 1.807) is 25.6 Å². The first kappa shape index (κ1) is 17.4. The molecule has 0 fully saturated rings. The van der Waals surface area contributed by atoms with Gasteiger partial charge in [-0.05, 0) is 43.5 Å². The molecule has 3 rings (SSSR count). The topological polar surface area (TPSA) is 63.6 Å². The van der Waals surface area contributed by atoms with Crippen LogP contribution in [0, 0.1) is 0 Å². The molecule has 0 bridgehead atoms. The Morgan fingerprint density at radius 2 is 2.12 bits per heavy atom. The van der Waals surface area contributed by atoms with Crippen LogP contribution >= 0.6 is 11.3 Å². The minimum Gasteiger partial charge on any atom is -0.497 e. The van der Waals surface area contributed by atoms with E-state index >= 15 is 0 Å². The third kappa shape index (κ3) is 3.95. The first-order valence-corrected chi connectivity index (χ1v) is 9.07. The lowest BCUT2D eigenvalue weighted by atomic mass is 9.98. The first-order valence-electron chi connectivity index (χ1n) is 8.25. The van der Waals surface area contributed by atoms with Gasteiger partial charge < -0.3 is 19.9 Å². The molecule has 5 nitrogen and oxygen atoms in total. The van der Waals surface area contributed by atoms with E-state index in [9.17, 15) is 5.11 Å². The van der Waals surface area contributed by atoms with E-state index in [-0.39, 0.29) is 6.04 Å². The Hall–Kier alpha value is -1.47. The number of nitrogens with zero attached hydrogens (tertiary/aromatic N) is 1. The molecule has 1 heterocycles. The van der Waals surface area contributed by atoms with Crippen LogP contribution in [-0.2, 0) is 11.2 Å². The predicted octanol–water partition coefficient (Wildman–Crippen LogP) is 2.79. The van der Waals surface area contributed by atoms with E-state index in [1.807, 2.05) is 24.3 Å². The molecular weight excluding hydrogens is 324 g/mol. The number of methoxy groups -OCH3 is 2. The van der Waals surface area contributed by atoms with E-state index in [0.717, 1.165) is 35.6 Å². The fourth-order valence-electron chi connectivity index (χ4n) is 3.00. The molecule has 6 heteroatoms. The molecule has 24 heavy (non-hydrogen) atoms. The normalized spacial score (nSPS) is 18.2. The Balaban J connectivity index is 1.74. The molecule has 1 aliphatic rings. The molecule has 2 atom stereocenters. The van der Waals surface area contributed by atoms with Crippen LogP contribution in [0.1, 0.15) is 29.5 Å². The molecule has 2 unspecified atom stereocenters. The Labute approximate surface area is 146 Å². The zero-order valence-electron chi connectivity index (χ0n) is 14.1. The van der Waals surface area contributed by atoms with Gasteiger partial charge in [0.25, 0.3) is 0 Å². The third-order valence-electron chi connectivity index (χ3n) is 4.25. The highest BCUT2D eigenvalue weighted by molar-refractivity contribution is 7.15. The number of nitrogens with one attached hydrogen (secondary N) is 1. The number of benzene rings is 1. The van der Waals surface area contributed by atoms with Gasteiger partial charge in [-0.1, -0.05) is 0 Å². The van der Waals surface area contributed by atoms with Gasteiger partial charge in [0.1, 0.15) is 10.8 Å². The molecule has 0 amide bonds. The van der Waals surface area contributed by atoms with Gasteiger partial charge in [0, 0.05) is 30.1 Å². The standard InChI is InChI=1S/C18H24N2O3S/c1-22-11-13(21)10-19-15-4-3-5-16-17(15)24-18(20-16)12-6-8-14(23-2)9-7-12/h6-9,13,15,19,21H,3-5,10-11H2,1-2H3. The minimum absolute atomic E-state index is 0.268. The number of rotatable bonds is 7. The molecule has 0 saturated heterocycles. The van der Waals surface area contributed by atoms with Gasteiger partial charge in [-0.3, -0.25) is 0 Å². The number of hydrogen-bond donors (Lipinski definition) is 2. The van der Waals surface area contributed by atoms with E-state index in [0.29, 0.717) is 13.2 Å². The van der Waals surface area contributed by atoms with E-state index in [1.165, 1.54) is 10.6 Å². The van der Waals surface area contributed by atoms with Crippen LogP contribution in [-0.4, -0.2) is 43.6 Å². The monoisotopic (exact) mass is 348 g/mol. The summed E-state index contributed by atoms with van der Waals surface area (Å²) in [4.78, 5) is 6.14. The van der Waals surface area contributed by atoms with Crippen molar-refractivity contribution in [3.63, 3.8) is 0 Å². The van der Waals surface area contributed by atoms with Crippen molar-refractivity contribution in [3.05, 3.63) is 34.8 Å². The summed E-state index contributed by atoms with van der Waals surface area (Å²) in [5, 5.41) is 14.4. The van der Waals surface area contributed by atoms with E-state index < -0.39 is 6.10 Å². The van der Waals surface area contributed by atoms with E-state index in [4.69, 9.17) is 14.5 Å². The largest absolute Gasteiger partial charge is 0.497 e. The molecule has 0 aliphatic heterocycles. The number of fused-ring (bicyclic) bond motifs is 1. The molecule has 1 aromatic heterocycles. The van der Waals surface area contributed by atoms with Crippen molar-refractivity contribution in [2.75, 3.05) is 27.4 Å². The summed E-state index contributed by atoms with van der Waals surface area (Å²) in [6.45, 7) is 0.889. The van der Waals surface area contributed by atoms with Gasteiger partial charge in [0.15, 0.2) is 0 Å². The zero-order chi connectivity index (χ0) is 16.9. The van der Waals surface area contributed by atoms with Crippen LogP contribution in [0.25, 0.3) is 10.6 Å². The summed E-state index contributed by atoms with van der Waals surface area (Å²) >= 11 is 1.75.